The van der Waals surface area contributed by atoms with E-state index in [0.717, 1.165) is 22.0 Å². The normalized spacial score (nSPS) is 10.5. The van der Waals surface area contributed by atoms with Gasteiger partial charge in [0.15, 0.2) is 0 Å². The molecule has 3 aromatic rings. The summed E-state index contributed by atoms with van der Waals surface area (Å²) in [7, 11) is 0. The average Bonchev–Trinajstić information content (AvgIpc) is 2.75. The van der Waals surface area contributed by atoms with E-state index in [9.17, 15) is 14.4 Å². The summed E-state index contributed by atoms with van der Waals surface area (Å²) in [5.74, 6) is -0.226. The summed E-state index contributed by atoms with van der Waals surface area (Å²) >= 11 is 6.07. The zero-order chi connectivity index (χ0) is 23.1. The van der Waals surface area contributed by atoms with Gasteiger partial charge in [-0.25, -0.2) is 4.79 Å². The van der Waals surface area contributed by atoms with Gasteiger partial charge < -0.3 is 15.4 Å². The van der Waals surface area contributed by atoms with Gasteiger partial charge in [-0.1, -0.05) is 23.7 Å². The summed E-state index contributed by atoms with van der Waals surface area (Å²) in [4.78, 5) is 39.0. The van der Waals surface area contributed by atoms with E-state index in [1.54, 1.807) is 19.1 Å². The van der Waals surface area contributed by atoms with Gasteiger partial charge in [0.2, 0.25) is 12.3 Å². The van der Waals surface area contributed by atoms with Crippen LogP contribution in [0.25, 0.3) is 10.9 Å². The molecule has 2 aromatic carbocycles. The molecule has 0 aliphatic heterocycles. The summed E-state index contributed by atoms with van der Waals surface area (Å²) in [6, 6.07) is 12.5. The Balaban J connectivity index is 1.65. The number of carbonyl (C=O) groups excluding carboxylic acids is 3. The molecule has 3 N–H and O–H groups in total. The van der Waals surface area contributed by atoms with Crippen molar-refractivity contribution in [2.45, 2.75) is 26.9 Å². The van der Waals surface area contributed by atoms with Crippen molar-refractivity contribution in [3.63, 3.8) is 0 Å². The molecule has 3 rings (SSSR count). The molecule has 0 aliphatic rings. The van der Waals surface area contributed by atoms with Crippen molar-refractivity contribution in [3.8, 4) is 0 Å². The molecule has 0 unspecified atom stereocenters. The van der Waals surface area contributed by atoms with E-state index in [4.69, 9.17) is 16.3 Å². The lowest BCUT2D eigenvalue weighted by Gasteiger charge is -2.11. The first kappa shape index (κ1) is 23.0. The minimum Gasteiger partial charge on any atom is -0.444 e. The lowest BCUT2D eigenvalue weighted by Crippen LogP contribution is -2.21. The third-order valence-corrected chi connectivity index (χ3v) is 5.12. The van der Waals surface area contributed by atoms with Gasteiger partial charge in [-0.3, -0.25) is 19.9 Å². The van der Waals surface area contributed by atoms with Gasteiger partial charge in [0.1, 0.15) is 6.61 Å². The maximum absolute atomic E-state index is 12.1. The number of fused-ring (bicyclic) bond motifs is 1. The fraction of sp³-hybridized carbons (Fsp3) is 0.217. The first-order valence-electron chi connectivity index (χ1n) is 9.93. The predicted octanol–water partition coefficient (Wildman–Crippen LogP) is 4.33. The van der Waals surface area contributed by atoms with Gasteiger partial charge in [-0.05, 0) is 55.3 Å². The molecule has 0 radical (unpaired) electrons. The van der Waals surface area contributed by atoms with E-state index in [0.29, 0.717) is 28.5 Å². The van der Waals surface area contributed by atoms with Crippen molar-refractivity contribution in [2.75, 3.05) is 17.2 Å². The highest BCUT2D eigenvalue weighted by atomic mass is 35.5. The molecule has 1 aromatic heterocycles. The summed E-state index contributed by atoms with van der Waals surface area (Å²) in [5, 5.41) is 9.25. The van der Waals surface area contributed by atoms with Crippen LogP contribution in [-0.2, 0) is 20.9 Å². The first-order chi connectivity index (χ1) is 15.4. The maximum atomic E-state index is 12.1. The van der Waals surface area contributed by atoms with Crippen molar-refractivity contribution in [3.05, 3.63) is 64.3 Å². The van der Waals surface area contributed by atoms with Crippen molar-refractivity contribution >= 4 is 52.3 Å². The number of pyridine rings is 1. The molecule has 8 nitrogen and oxygen atoms in total. The number of hydrogen-bond acceptors (Lipinski definition) is 5. The molecule has 0 fully saturated rings. The topological polar surface area (TPSA) is 109 Å². The van der Waals surface area contributed by atoms with E-state index < -0.39 is 6.09 Å². The van der Waals surface area contributed by atoms with E-state index in [-0.39, 0.29) is 25.5 Å². The summed E-state index contributed by atoms with van der Waals surface area (Å²) in [6.45, 7) is 4.00. The minimum absolute atomic E-state index is 0.0638. The first-order valence-corrected chi connectivity index (χ1v) is 10.3. The average molecular weight is 455 g/mol. The molecular weight excluding hydrogens is 432 g/mol. The Morgan fingerprint density at radius 2 is 1.91 bits per heavy atom. The summed E-state index contributed by atoms with van der Waals surface area (Å²) < 4.78 is 5.31. The molecular formula is C23H23ClN4O4. The molecule has 0 atom stereocenters. The summed E-state index contributed by atoms with van der Waals surface area (Å²) in [5.41, 5.74) is 4.25. The molecule has 0 saturated heterocycles. The molecule has 9 heteroatoms. The fourth-order valence-corrected chi connectivity index (χ4v) is 3.15. The lowest BCUT2D eigenvalue weighted by atomic mass is 10.1. The largest absolute Gasteiger partial charge is 0.444 e. The van der Waals surface area contributed by atoms with Crippen molar-refractivity contribution in [1.29, 1.82) is 0 Å². The van der Waals surface area contributed by atoms with Crippen LogP contribution in [0.3, 0.4) is 0 Å². The Morgan fingerprint density at radius 1 is 1.09 bits per heavy atom. The Hall–Kier alpha value is -3.65. The van der Waals surface area contributed by atoms with Crippen LogP contribution in [0.1, 0.15) is 23.2 Å². The highest BCUT2D eigenvalue weighted by molar-refractivity contribution is 6.31. The van der Waals surface area contributed by atoms with Gasteiger partial charge in [0.05, 0.1) is 16.9 Å². The zero-order valence-corrected chi connectivity index (χ0v) is 18.5. The highest BCUT2D eigenvalue weighted by Gasteiger charge is 2.10. The monoisotopic (exact) mass is 454 g/mol. The van der Waals surface area contributed by atoms with Crippen LogP contribution >= 0.6 is 11.6 Å². The maximum Gasteiger partial charge on any atom is 0.411 e. The number of rotatable bonds is 8. The van der Waals surface area contributed by atoms with E-state index in [1.807, 2.05) is 37.3 Å². The molecule has 32 heavy (non-hydrogen) atoms. The Bertz CT molecular complexity index is 1170. The van der Waals surface area contributed by atoms with Crippen LogP contribution in [0.4, 0.5) is 16.2 Å². The van der Waals surface area contributed by atoms with Crippen LogP contribution in [-0.4, -0.2) is 29.9 Å². The number of ether oxygens (including phenoxy) is 1. The standard InChI is InChI=1S/C23H23ClN4O4/c1-14-3-5-18(11-19(14)24)27-23(31)32-12-16-4-6-20-17(9-16)10-21(15(2)26-20)28-22(30)7-8-25-13-29/h3-6,9-11,13H,7-8,12H2,1-2H3,(H,25,29)(H,27,31)(H,28,30). The Morgan fingerprint density at radius 3 is 2.66 bits per heavy atom. The molecule has 0 bridgehead atoms. The predicted molar refractivity (Wildman–Crippen MR) is 124 cm³/mol. The third kappa shape index (κ3) is 6.18. The number of halogens is 1. The molecule has 1 heterocycles. The minimum atomic E-state index is -0.594. The second kappa shape index (κ2) is 10.6. The second-order valence-corrected chi connectivity index (χ2v) is 7.59. The number of nitrogens with zero attached hydrogens (tertiary/aromatic N) is 1. The molecule has 166 valence electrons. The number of amides is 3. The van der Waals surface area contributed by atoms with Crippen molar-refractivity contribution in [2.24, 2.45) is 0 Å². The van der Waals surface area contributed by atoms with Crippen LogP contribution in [0.2, 0.25) is 5.02 Å². The molecule has 0 aliphatic carbocycles. The van der Waals surface area contributed by atoms with Gasteiger partial charge in [0.25, 0.3) is 0 Å². The SMILES string of the molecule is Cc1ccc(NC(=O)OCc2ccc3nc(C)c(NC(=O)CCNC=O)cc3c2)cc1Cl. The van der Waals surface area contributed by atoms with Gasteiger partial charge in [-0.15, -0.1) is 0 Å². The fourth-order valence-electron chi connectivity index (χ4n) is 2.97. The number of anilines is 2. The van der Waals surface area contributed by atoms with E-state index in [2.05, 4.69) is 20.9 Å². The van der Waals surface area contributed by atoms with E-state index >= 15 is 0 Å². The van der Waals surface area contributed by atoms with E-state index in [1.165, 1.54) is 0 Å². The molecule has 3 amide bonds. The number of aromatic nitrogens is 1. The highest BCUT2D eigenvalue weighted by Crippen LogP contribution is 2.23. The number of aryl methyl sites for hydroxylation is 2. The van der Waals surface area contributed by atoms with Gasteiger partial charge in [-0.2, -0.15) is 0 Å². The number of carbonyl (C=O) groups is 3. The van der Waals surface area contributed by atoms with Gasteiger partial charge >= 0.3 is 6.09 Å². The van der Waals surface area contributed by atoms with Crippen LogP contribution in [0.5, 0.6) is 0 Å². The quantitative estimate of drug-likeness (QED) is 0.346. The van der Waals surface area contributed by atoms with Crippen LogP contribution in [0, 0.1) is 13.8 Å². The number of hydrogen-bond donors (Lipinski definition) is 3. The smallest absolute Gasteiger partial charge is 0.411 e. The Kier molecular flexibility index (Phi) is 7.62. The number of nitrogens with one attached hydrogen (secondary N) is 3. The summed E-state index contributed by atoms with van der Waals surface area (Å²) in [6.07, 6.45) is 0.116. The van der Waals surface area contributed by atoms with Crippen LogP contribution < -0.4 is 16.0 Å². The van der Waals surface area contributed by atoms with Crippen LogP contribution in [0.15, 0.2) is 42.5 Å². The van der Waals surface area contributed by atoms with Crippen molar-refractivity contribution in [1.82, 2.24) is 10.3 Å². The van der Waals surface area contributed by atoms with Gasteiger partial charge in [0, 0.05) is 29.1 Å². The lowest BCUT2D eigenvalue weighted by molar-refractivity contribution is -0.116. The molecule has 0 saturated carbocycles. The Labute approximate surface area is 190 Å². The number of benzene rings is 2. The third-order valence-electron chi connectivity index (χ3n) is 4.71. The molecule has 0 spiro atoms. The zero-order valence-electron chi connectivity index (χ0n) is 17.7. The second-order valence-electron chi connectivity index (χ2n) is 7.18. The van der Waals surface area contributed by atoms with Crippen molar-refractivity contribution < 1.29 is 19.1 Å².